The monoisotopic (exact) mass is 465 g/mol. The first-order valence-corrected chi connectivity index (χ1v) is 11.8. The maximum atomic E-state index is 12.6. The van der Waals surface area contributed by atoms with E-state index in [-0.39, 0.29) is 30.7 Å². The van der Waals surface area contributed by atoms with Crippen molar-refractivity contribution in [1.82, 2.24) is 5.32 Å². The molecule has 0 bridgehead atoms. The molecule has 0 aliphatic carbocycles. The lowest BCUT2D eigenvalue weighted by Gasteiger charge is -2.13. The van der Waals surface area contributed by atoms with Crippen LogP contribution in [0.25, 0.3) is 0 Å². The van der Waals surface area contributed by atoms with Gasteiger partial charge in [-0.25, -0.2) is 0 Å². The Morgan fingerprint density at radius 2 is 1.36 bits per heavy atom. The molecule has 1 amide bonds. The number of benzene rings is 3. The van der Waals surface area contributed by atoms with Crippen LogP contribution in [0.1, 0.15) is 49.9 Å². The average molecular weight is 466 g/mol. The summed E-state index contributed by atoms with van der Waals surface area (Å²) in [6, 6.07) is 22.8. The molecule has 0 saturated heterocycles. The summed E-state index contributed by atoms with van der Waals surface area (Å²) < 4.78 is 33.0. The molecule has 3 aromatic carbocycles. The molecule has 0 spiro atoms. The number of ketones is 2. The van der Waals surface area contributed by atoms with Crippen LogP contribution >= 0.6 is 0 Å². The van der Waals surface area contributed by atoms with Gasteiger partial charge in [0.2, 0.25) is 0 Å². The lowest BCUT2D eigenvalue weighted by molar-refractivity contribution is -0.118. The van der Waals surface area contributed by atoms with E-state index in [4.69, 9.17) is 0 Å². The quantitative estimate of drug-likeness (QED) is 0.268. The van der Waals surface area contributed by atoms with E-state index in [0.29, 0.717) is 16.7 Å². The summed E-state index contributed by atoms with van der Waals surface area (Å²) in [5.74, 6) is -1.28. The Kier molecular flexibility index (Phi) is 7.87. The second kappa shape index (κ2) is 10.8. The first-order valence-electron chi connectivity index (χ1n) is 10.3. The Labute approximate surface area is 192 Å². The van der Waals surface area contributed by atoms with Crippen LogP contribution < -0.4 is 5.32 Å². The molecule has 0 aliphatic heterocycles. The van der Waals surface area contributed by atoms with Crippen molar-refractivity contribution in [2.45, 2.75) is 18.1 Å². The molecule has 1 atom stereocenters. The zero-order chi connectivity index (χ0) is 23.8. The molecule has 3 aromatic rings. The molecule has 7 nitrogen and oxygen atoms in total. The van der Waals surface area contributed by atoms with Crippen molar-refractivity contribution in [3.8, 4) is 0 Å². The van der Waals surface area contributed by atoms with Crippen LogP contribution in [0.2, 0.25) is 0 Å². The first kappa shape index (κ1) is 24.0. The summed E-state index contributed by atoms with van der Waals surface area (Å²) in [5.41, 5.74) is 1.38. The van der Waals surface area contributed by atoms with Crippen LogP contribution in [0.5, 0.6) is 0 Å². The second-order valence-corrected chi connectivity index (χ2v) is 8.91. The van der Waals surface area contributed by atoms with Crippen molar-refractivity contribution in [3.63, 3.8) is 0 Å². The zero-order valence-corrected chi connectivity index (χ0v) is 18.5. The van der Waals surface area contributed by atoms with Gasteiger partial charge in [-0.05, 0) is 24.1 Å². The van der Waals surface area contributed by atoms with Crippen molar-refractivity contribution in [1.29, 1.82) is 0 Å². The minimum absolute atomic E-state index is 0.119. The largest absolute Gasteiger partial charge is 0.352 e. The highest BCUT2D eigenvalue weighted by atomic mass is 32.2. The van der Waals surface area contributed by atoms with E-state index < -0.39 is 27.1 Å². The van der Waals surface area contributed by atoms with Crippen molar-refractivity contribution >= 4 is 27.6 Å². The normalized spacial score (nSPS) is 12.0. The van der Waals surface area contributed by atoms with Gasteiger partial charge in [0.1, 0.15) is 0 Å². The number of amides is 1. The SMILES string of the molecule is O=C(NCCCC(=O)C(c1ccccc1)S(=O)(=O)O)c1cccc(C(=O)c2ccccc2)c1. The number of rotatable bonds is 10. The summed E-state index contributed by atoms with van der Waals surface area (Å²) in [6.45, 7) is 0.119. The van der Waals surface area contributed by atoms with E-state index in [1.165, 1.54) is 18.2 Å². The fourth-order valence-electron chi connectivity index (χ4n) is 3.41. The fourth-order valence-corrected chi connectivity index (χ4v) is 4.36. The topological polar surface area (TPSA) is 118 Å². The molecular formula is C25H23NO6S. The predicted molar refractivity (Wildman–Crippen MR) is 124 cm³/mol. The van der Waals surface area contributed by atoms with Gasteiger partial charge in [-0.2, -0.15) is 8.42 Å². The van der Waals surface area contributed by atoms with Crippen LogP contribution in [-0.4, -0.2) is 37.0 Å². The molecular weight excluding hydrogens is 442 g/mol. The molecule has 170 valence electrons. The minimum atomic E-state index is -4.62. The Balaban J connectivity index is 1.57. The fraction of sp³-hybridized carbons (Fsp3) is 0.160. The third kappa shape index (κ3) is 6.44. The molecule has 0 fully saturated rings. The summed E-state index contributed by atoms with van der Waals surface area (Å²) in [5, 5.41) is 1.01. The van der Waals surface area contributed by atoms with Crippen LogP contribution in [0.3, 0.4) is 0 Å². The summed E-state index contributed by atoms with van der Waals surface area (Å²) in [6.07, 6.45) is 0.0399. The van der Waals surface area contributed by atoms with E-state index in [9.17, 15) is 27.4 Å². The summed E-state index contributed by atoms with van der Waals surface area (Å²) in [4.78, 5) is 37.5. The molecule has 2 N–H and O–H groups in total. The molecule has 3 rings (SSSR count). The molecule has 0 aliphatic rings. The molecule has 0 saturated carbocycles. The Hall–Kier alpha value is -3.62. The molecule has 8 heteroatoms. The number of carbonyl (C=O) groups is 3. The zero-order valence-electron chi connectivity index (χ0n) is 17.7. The van der Waals surface area contributed by atoms with Gasteiger partial charge in [0, 0.05) is 29.7 Å². The van der Waals surface area contributed by atoms with E-state index in [1.54, 1.807) is 60.7 Å². The Bertz CT molecular complexity index is 1240. The van der Waals surface area contributed by atoms with Gasteiger partial charge >= 0.3 is 0 Å². The van der Waals surface area contributed by atoms with Crippen LogP contribution in [0, 0.1) is 0 Å². The van der Waals surface area contributed by atoms with Gasteiger partial charge in [-0.3, -0.25) is 18.9 Å². The smallest absolute Gasteiger partial charge is 0.279 e. The van der Waals surface area contributed by atoms with Crippen LogP contribution in [0.4, 0.5) is 0 Å². The molecule has 0 heterocycles. The lowest BCUT2D eigenvalue weighted by atomic mass is 10.0. The van der Waals surface area contributed by atoms with E-state index in [1.807, 2.05) is 6.07 Å². The van der Waals surface area contributed by atoms with E-state index in [2.05, 4.69) is 5.32 Å². The third-order valence-corrected chi connectivity index (χ3v) is 6.13. The van der Waals surface area contributed by atoms with E-state index >= 15 is 0 Å². The molecule has 33 heavy (non-hydrogen) atoms. The highest BCUT2D eigenvalue weighted by Crippen LogP contribution is 2.24. The van der Waals surface area contributed by atoms with Gasteiger partial charge in [0.05, 0.1) is 0 Å². The van der Waals surface area contributed by atoms with Crippen molar-refractivity contribution in [3.05, 3.63) is 107 Å². The van der Waals surface area contributed by atoms with E-state index in [0.717, 1.165) is 0 Å². The number of hydrogen-bond donors (Lipinski definition) is 2. The van der Waals surface area contributed by atoms with Gasteiger partial charge in [0.25, 0.3) is 16.0 Å². The standard InChI is InChI=1S/C25H23NO6S/c27-22(24(33(30,31)32)19-11-5-2-6-12-19)15-8-16-26-25(29)21-14-7-13-20(17-21)23(28)18-9-3-1-4-10-18/h1-7,9-14,17,24H,8,15-16H2,(H,26,29)(H,30,31,32). The van der Waals surface area contributed by atoms with Crippen LogP contribution in [-0.2, 0) is 14.9 Å². The molecule has 0 aromatic heterocycles. The maximum Gasteiger partial charge on any atom is 0.279 e. The average Bonchev–Trinajstić information content (AvgIpc) is 2.82. The maximum absolute atomic E-state index is 12.6. The van der Waals surface area contributed by atoms with Gasteiger partial charge in [0.15, 0.2) is 16.8 Å². The Morgan fingerprint density at radius 3 is 2.00 bits per heavy atom. The van der Waals surface area contributed by atoms with Gasteiger partial charge in [-0.15, -0.1) is 0 Å². The van der Waals surface area contributed by atoms with Gasteiger partial charge in [-0.1, -0.05) is 72.8 Å². The second-order valence-electron chi connectivity index (χ2n) is 7.41. The van der Waals surface area contributed by atoms with Crippen LogP contribution in [0.15, 0.2) is 84.9 Å². The summed E-state index contributed by atoms with van der Waals surface area (Å²) in [7, 11) is -4.62. The molecule has 0 radical (unpaired) electrons. The lowest BCUT2D eigenvalue weighted by Crippen LogP contribution is -2.26. The predicted octanol–water partition coefficient (Wildman–Crippen LogP) is 3.63. The number of Topliss-reactive ketones (excluding diaryl/α,β-unsaturated/α-hetero) is 1. The van der Waals surface area contributed by atoms with Crippen molar-refractivity contribution < 1.29 is 27.4 Å². The molecule has 1 unspecified atom stereocenters. The first-order chi connectivity index (χ1) is 15.8. The highest BCUT2D eigenvalue weighted by molar-refractivity contribution is 7.86. The van der Waals surface area contributed by atoms with Crippen molar-refractivity contribution in [2.24, 2.45) is 0 Å². The number of carbonyl (C=O) groups excluding carboxylic acids is 3. The highest BCUT2D eigenvalue weighted by Gasteiger charge is 2.31. The van der Waals surface area contributed by atoms with Crippen molar-refractivity contribution in [2.75, 3.05) is 6.54 Å². The Morgan fingerprint density at radius 1 is 0.788 bits per heavy atom. The minimum Gasteiger partial charge on any atom is -0.352 e. The summed E-state index contributed by atoms with van der Waals surface area (Å²) >= 11 is 0. The van der Waals surface area contributed by atoms with Gasteiger partial charge < -0.3 is 5.32 Å². The number of hydrogen-bond acceptors (Lipinski definition) is 5. The third-order valence-electron chi connectivity index (χ3n) is 5.00. The number of nitrogens with one attached hydrogen (secondary N) is 1.